The number of ketones is 1. The summed E-state index contributed by atoms with van der Waals surface area (Å²) in [6.45, 7) is 5.26. The lowest BCUT2D eigenvalue weighted by Gasteiger charge is -2.17. The van der Waals surface area contributed by atoms with Crippen molar-refractivity contribution in [3.05, 3.63) is 28.3 Å². The van der Waals surface area contributed by atoms with Gasteiger partial charge in [0.15, 0.2) is 11.4 Å². The first-order valence-electron chi connectivity index (χ1n) is 4.85. The number of nitrogens with zero attached hydrogens (tertiary/aromatic N) is 2. The second-order valence-corrected chi connectivity index (χ2v) is 4.87. The van der Waals surface area contributed by atoms with E-state index in [0.717, 1.165) is 0 Å². The van der Waals surface area contributed by atoms with Crippen LogP contribution in [0, 0.1) is 6.92 Å². The molecule has 0 saturated carbocycles. The number of aryl methyl sites for hydroxylation is 1. The summed E-state index contributed by atoms with van der Waals surface area (Å²) in [6.07, 6.45) is 1.64. The summed E-state index contributed by atoms with van der Waals surface area (Å²) >= 11 is 3.25. The number of carbonyl (C=O) groups excluding carboxylic acids is 1. The summed E-state index contributed by atoms with van der Waals surface area (Å²) in [7, 11) is 0. The number of carbonyl (C=O) groups is 1. The number of Topliss-reactive ketones (excluding diaryl/α,β-unsaturated/α-hetero) is 1. The zero-order chi connectivity index (χ0) is 11.9. The van der Waals surface area contributed by atoms with Gasteiger partial charge in [-0.05, 0) is 42.8 Å². The molecule has 84 valence electrons. The Kier molecular flexibility index (Phi) is 2.58. The van der Waals surface area contributed by atoms with E-state index in [1.165, 1.54) is 0 Å². The highest BCUT2D eigenvalue weighted by Crippen LogP contribution is 2.38. The fraction of sp³-hybridized carbons (Fsp3) is 0.364. The van der Waals surface area contributed by atoms with E-state index in [4.69, 9.17) is 4.74 Å². The first-order valence-corrected chi connectivity index (χ1v) is 5.65. The van der Waals surface area contributed by atoms with Gasteiger partial charge in [0.25, 0.3) is 0 Å². The average molecular weight is 283 g/mol. The molecule has 0 bridgehead atoms. The SMILES string of the molecule is Cc1nccc(C2=C(Br)C(=O)C(C)(C)O2)n1. The van der Waals surface area contributed by atoms with E-state index in [0.29, 0.717) is 21.8 Å². The molecule has 0 aliphatic carbocycles. The van der Waals surface area contributed by atoms with Gasteiger partial charge in [-0.1, -0.05) is 0 Å². The number of aromatic nitrogens is 2. The monoisotopic (exact) mass is 282 g/mol. The Morgan fingerprint density at radius 2 is 2.12 bits per heavy atom. The van der Waals surface area contributed by atoms with Crippen molar-refractivity contribution in [1.82, 2.24) is 9.97 Å². The maximum absolute atomic E-state index is 11.8. The first kappa shape index (κ1) is 11.3. The molecule has 0 radical (unpaired) electrons. The number of ether oxygens (including phenoxy) is 1. The Balaban J connectivity index is 2.47. The lowest BCUT2D eigenvalue weighted by atomic mass is 10.1. The number of hydrogen-bond acceptors (Lipinski definition) is 4. The minimum atomic E-state index is -0.826. The Morgan fingerprint density at radius 3 is 2.62 bits per heavy atom. The van der Waals surface area contributed by atoms with Gasteiger partial charge in [-0.2, -0.15) is 0 Å². The molecule has 0 atom stereocenters. The lowest BCUT2D eigenvalue weighted by molar-refractivity contribution is -0.125. The summed E-state index contributed by atoms with van der Waals surface area (Å²) in [5, 5.41) is 0. The molecule has 1 aliphatic heterocycles. The van der Waals surface area contributed by atoms with E-state index in [1.54, 1.807) is 33.0 Å². The smallest absolute Gasteiger partial charge is 0.216 e. The van der Waals surface area contributed by atoms with Gasteiger partial charge in [-0.25, -0.2) is 9.97 Å². The molecule has 0 amide bonds. The molecule has 0 saturated heterocycles. The standard InChI is InChI=1S/C11H11BrN2O2/c1-6-13-5-4-7(14-6)9-8(12)10(15)11(2,3)16-9/h4-5H,1-3H3. The van der Waals surface area contributed by atoms with Crippen LogP contribution >= 0.6 is 15.9 Å². The highest BCUT2D eigenvalue weighted by molar-refractivity contribution is 9.12. The Hall–Kier alpha value is -1.23. The van der Waals surface area contributed by atoms with Crippen molar-refractivity contribution < 1.29 is 9.53 Å². The molecule has 0 N–H and O–H groups in total. The summed E-state index contributed by atoms with van der Waals surface area (Å²) in [5.41, 5.74) is -0.203. The molecular weight excluding hydrogens is 272 g/mol. The minimum Gasteiger partial charge on any atom is -0.476 e. The van der Waals surface area contributed by atoms with Gasteiger partial charge in [0.05, 0.1) is 0 Å². The van der Waals surface area contributed by atoms with Crippen molar-refractivity contribution in [2.45, 2.75) is 26.4 Å². The van der Waals surface area contributed by atoms with Crippen molar-refractivity contribution in [1.29, 1.82) is 0 Å². The molecule has 1 aromatic rings. The summed E-state index contributed by atoms with van der Waals surface area (Å²) in [4.78, 5) is 20.1. The normalized spacial score (nSPS) is 18.9. The minimum absolute atomic E-state index is 0.0706. The van der Waals surface area contributed by atoms with Crippen molar-refractivity contribution >= 4 is 27.5 Å². The van der Waals surface area contributed by atoms with Gasteiger partial charge in [-0.15, -0.1) is 0 Å². The zero-order valence-electron chi connectivity index (χ0n) is 9.24. The van der Waals surface area contributed by atoms with Gasteiger partial charge in [0, 0.05) is 6.20 Å². The van der Waals surface area contributed by atoms with Crippen LogP contribution in [0.3, 0.4) is 0 Å². The summed E-state index contributed by atoms with van der Waals surface area (Å²) < 4.78 is 6.05. The molecule has 1 aliphatic rings. The fourth-order valence-corrected chi connectivity index (χ4v) is 2.22. The molecule has 16 heavy (non-hydrogen) atoms. The molecule has 0 unspecified atom stereocenters. The zero-order valence-corrected chi connectivity index (χ0v) is 10.8. The van der Waals surface area contributed by atoms with Gasteiger partial charge in [-0.3, -0.25) is 4.79 Å². The van der Waals surface area contributed by atoms with Crippen LogP contribution in [-0.4, -0.2) is 21.4 Å². The van der Waals surface area contributed by atoms with Gasteiger partial charge in [0.2, 0.25) is 5.78 Å². The molecule has 0 aromatic carbocycles. The van der Waals surface area contributed by atoms with Gasteiger partial charge < -0.3 is 4.74 Å². The van der Waals surface area contributed by atoms with Crippen LogP contribution < -0.4 is 0 Å². The molecule has 2 rings (SSSR count). The molecule has 0 spiro atoms. The Labute approximate surface area is 102 Å². The van der Waals surface area contributed by atoms with Crippen LogP contribution in [0.1, 0.15) is 25.4 Å². The third-order valence-electron chi connectivity index (χ3n) is 2.31. The Bertz CT molecular complexity index is 495. The maximum atomic E-state index is 11.8. The van der Waals surface area contributed by atoms with E-state index >= 15 is 0 Å². The van der Waals surface area contributed by atoms with Crippen LogP contribution in [0.5, 0.6) is 0 Å². The second kappa shape index (κ2) is 3.66. The quantitative estimate of drug-likeness (QED) is 0.793. The lowest BCUT2D eigenvalue weighted by Crippen LogP contribution is -2.28. The fourth-order valence-electron chi connectivity index (χ4n) is 1.46. The largest absolute Gasteiger partial charge is 0.476 e. The molecule has 5 heteroatoms. The predicted molar refractivity (Wildman–Crippen MR) is 62.8 cm³/mol. The predicted octanol–water partition coefficient (Wildman–Crippen LogP) is 2.23. The molecule has 4 nitrogen and oxygen atoms in total. The van der Waals surface area contributed by atoms with E-state index in [9.17, 15) is 4.79 Å². The topological polar surface area (TPSA) is 52.1 Å². The van der Waals surface area contributed by atoms with Crippen molar-refractivity contribution in [3.63, 3.8) is 0 Å². The second-order valence-electron chi connectivity index (χ2n) is 4.07. The number of rotatable bonds is 1. The third-order valence-corrected chi connectivity index (χ3v) is 3.03. The molecular formula is C11H11BrN2O2. The number of halogens is 1. The molecule has 0 fully saturated rings. The van der Waals surface area contributed by atoms with Crippen LogP contribution in [0.15, 0.2) is 16.7 Å². The number of hydrogen-bond donors (Lipinski definition) is 0. The highest BCUT2D eigenvalue weighted by atomic mass is 79.9. The molecule has 1 aromatic heterocycles. The molecule has 2 heterocycles. The first-order chi connectivity index (χ1) is 7.42. The van der Waals surface area contributed by atoms with Gasteiger partial charge in [0.1, 0.15) is 16.0 Å². The Morgan fingerprint density at radius 1 is 1.44 bits per heavy atom. The summed E-state index contributed by atoms with van der Waals surface area (Å²) in [5.74, 6) is 1.06. The highest BCUT2D eigenvalue weighted by Gasteiger charge is 2.41. The summed E-state index contributed by atoms with van der Waals surface area (Å²) in [6, 6.07) is 1.72. The van der Waals surface area contributed by atoms with Crippen LogP contribution in [0.25, 0.3) is 5.76 Å². The van der Waals surface area contributed by atoms with Crippen LogP contribution in [-0.2, 0) is 9.53 Å². The van der Waals surface area contributed by atoms with Crippen molar-refractivity contribution in [2.75, 3.05) is 0 Å². The third kappa shape index (κ3) is 1.75. The van der Waals surface area contributed by atoms with Crippen molar-refractivity contribution in [2.24, 2.45) is 0 Å². The van der Waals surface area contributed by atoms with E-state index in [-0.39, 0.29) is 5.78 Å². The van der Waals surface area contributed by atoms with E-state index < -0.39 is 5.60 Å². The van der Waals surface area contributed by atoms with Crippen molar-refractivity contribution in [3.8, 4) is 0 Å². The van der Waals surface area contributed by atoms with E-state index in [1.807, 2.05) is 0 Å². The maximum Gasteiger partial charge on any atom is 0.216 e. The van der Waals surface area contributed by atoms with Gasteiger partial charge >= 0.3 is 0 Å². The van der Waals surface area contributed by atoms with Crippen LogP contribution in [0.4, 0.5) is 0 Å². The van der Waals surface area contributed by atoms with E-state index in [2.05, 4.69) is 25.9 Å². The van der Waals surface area contributed by atoms with Crippen LogP contribution in [0.2, 0.25) is 0 Å². The average Bonchev–Trinajstić information content (AvgIpc) is 2.42.